The second-order valence-corrected chi connectivity index (χ2v) is 9.19. The number of nitrogens with zero attached hydrogens (tertiary/aromatic N) is 4. The lowest BCUT2D eigenvalue weighted by molar-refractivity contribution is -0.117. The van der Waals surface area contributed by atoms with Gasteiger partial charge in [0.05, 0.1) is 6.54 Å². The highest BCUT2D eigenvalue weighted by Gasteiger charge is 2.31. The molecular weight excluding hydrogens is 406 g/mol. The highest BCUT2D eigenvalue weighted by atomic mass is 32.2. The van der Waals surface area contributed by atoms with Crippen molar-refractivity contribution in [2.45, 2.75) is 20.8 Å². The van der Waals surface area contributed by atoms with E-state index in [4.69, 9.17) is 4.52 Å². The van der Waals surface area contributed by atoms with Crippen LogP contribution >= 0.6 is 0 Å². The van der Waals surface area contributed by atoms with E-state index in [1.807, 2.05) is 49.9 Å². The molecular formula is C20H29N5O4S. The van der Waals surface area contributed by atoms with Gasteiger partial charge in [0, 0.05) is 50.9 Å². The summed E-state index contributed by atoms with van der Waals surface area (Å²) in [4.78, 5) is 14.3. The first kappa shape index (κ1) is 22.4. The molecule has 2 aromatic rings. The van der Waals surface area contributed by atoms with Crippen molar-refractivity contribution < 1.29 is 17.7 Å². The molecule has 1 aromatic carbocycles. The van der Waals surface area contributed by atoms with Crippen LogP contribution < -0.4 is 5.32 Å². The van der Waals surface area contributed by atoms with Gasteiger partial charge in [0.15, 0.2) is 0 Å². The van der Waals surface area contributed by atoms with Crippen molar-refractivity contribution in [2.24, 2.45) is 0 Å². The van der Waals surface area contributed by atoms with E-state index in [0.29, 0.717) is 50.8 Å². The number of hydrogen-bond acceptors (Lipinski definition) is 6. The Balaban J connectivity index is 1.50. The Morgan fingerprint density at radius 2 is 1.77 bits per heavy atom. The zero-order chi connectivity index (χ0) is 21.7. The van der Waals surface area contributed by atoms with Gasteiger partial charge in [-0.25, -0.2) is 0 Å². The lowest BCUT2D eigenvalue weighted by atomic mass is 10.1. The normalized spacial score (nSPS) is 16.1. The topological polar surface area (TPSA) is 99.0 Å². The molecule has 0 saturated carbocycles. The van der Waals surface area contributed by atoms with Gasteiger partial charge in [0.1, 0.15) is 5.69 Å². The van der Waals surface area contributed by atoms with Crippen LogP contribution in [0.25, 0.3) is 11.3 Å². The van der Waals surface area contributed by atoms with E-state index < -0.39 is 10.2 Å². The molecule has 9 nitrogen and oxygen atoms in total. The molecule has 1 aliphatic rings. The molecule has 1 amide bonds. The number of rotatable bonds is 8. The maximum absolute atomic E-state index is 12.6. The van der Waals surface area contributed by atoms with Crippen LogP contribution in [0.4, 0.5) is 5.88 Å². The summed E-state index contributed by atoms with van der Waals surface area (Å²) in [5, 5.41) is 6.72. The van der Waals surface area contributed by atoms with Crippen LogP contribution in [0, 0.1) is 6.92 Å². The molecule has 2 heterocycles. The second kappa shape index (κ2) is 9.69. The van der Waals surface area contributed by atoms with E-state index in [-0.39, 0.29) is 12.5 Å². The quantitative estimate of drug-likeness (QED) is 0.679. The van der Waals surface area contributed by atoms with Gasteiger partial charge in [0.25, 0.3) is 10.2 Å². The lowest BCUT2D eigenvalue weighted by Crippen LogP contribution is -2.54. The summed E-state index contributed by atoms with van der Waals surface area (Å²) in [5.74, 6) is 0.0694. The number of carbonyl (C=O) groups is 1. The summed E-state index contributed by atoms with van der Waals surface area (Å²) in [7, 11) is -3.43. The van der Waals surface area contributed by atoms with Gasteiger partial charge < -0.3 is 4.52 Å². The van der Waals surface area contributed by atoms with E-state index in [9.17, 15) is 13.2 Å². The van der Waals surface area contributed by atoms with Crippen LogP contribution in [0.1, 0.15) is 19.4 Å². The van der Waals surface area contributed by atoms with Gasteiger partial charge in [-0.2, -0.15) is 17.0 Å². The Morgan fingerprint density at radius 3 is 2.37 bits per heavy atom. The van der Waals surface area contributed by atoms with E-state index in [1.54, 1.807) is 6.07 Å². The molecule has 1 aliphatic heterocycles. The second-order valence-electron chi connectivity index (χ2n) is 7.26. The van der Waals surface area contributed by atoms with Crippen LogP contribution in [0.15, 0.2) is 34.9 Å². The number of hydrogen-bond donors (Lipinski definition) is 1. The Labute approximate surface area is 177 Å². The van der Waals surface area contributed by atoms with Crippen LogP contribution in [-0.4, -0.2) is 78.8 Å². The molecule has 0 unspecified atom stereocenters. The Kier molecular flexibility index (Phi) is 7.24. The van der Waals surface area contributed by atoms with Crippen molar-refractivity contribution in [3.05, 3.63) is 35.9 Å². The molecule has 3 rings (SSSR count). The monoisotopic (exact) mass is 435 g/mol. The van der Waals surface area contributed by atoms with Crippen LogP contribution in [0.3, 0.4) is 0 Å². The van der Waals surface area contributed by atoms with Crippen molar-refractivity contribution in [2.75, 3.05) is 51.1 Å². The van der Waals surface area contributed by atoms with Crippen molar-refractivity contribution in [3.63, 3.8) is 0 Å². The minimum Gasteiger partial charge on any atom is -0.338 e. The van der Waals surface area contributed by atoms with Crippen LogP contribution in [0.5, 0.6) is 0 Å². The molecule has 0 bridgehead atoms. The molecule has 164 valence electrons. The molecule has 0 aliphatic carbocycles. The van der Waals surface area contributed by atoms with Gasteiger partial charge >= 0.3 is 0 Å². The highest BCUT2D eigenvalue weighted by molar-refractivity contribution is 7.86. The first-order valence-electron chi connectivity index (χ1n) is 10.1. The maximum atomic E-state index is 12.6. The highest BCUT2D eigenvalue weighted by Crippen LogP contribution is 2.22. The van der Waals surface area contributed by atoms with Crippen LogP contribution in [-0.2, 0) is 15.0 Å². The van der Waals surface area contributed by atoms with Gasteiger partial charge in [-0.3, -0.25) is 15.0 Å². The van der Waals surface area contributed by atoms with Gasteiger partial charge in [0.2, 0.25) is 11.8 Å². The maximum Gasteiger partial charge on any atom is 0.282 e. The van der Waals surface area contributed by atoms with Crippen molar-refractivity contribution in [1.29, 1.82) is 0 Å². The zero-order valence-corrected chi connectivity index (χ0v) is 18.5. The van der Waals surface area contributed by atoms with Crippen molar-refractivity contribution in [1.82, 2.24) is 18.7 Å². The Hall–Kier alpha value is -2.27. The smallest absolute Gasteiger partial charge is 0.282 e. The SMILES string of the molecule is CCN(CC)S(=O)(=O)N1CCN(CC(=O)Nc2cc(-c3ccc(C)cc3)no2)CC1. The Morgan fingerprint density at radius 1 is 1.13 bits per heavy atom. The number of piperazine rings is 1. The summed E-state index contributed by atoms with van der Waals surface area (Å²) in [6.45, 7) is 8.46. The number of aromatic nitrogens is 1. The largest absolute Gasteiger partial charge is 0.338 e. The first-order valence-corrected chi connectivity index (χ1v) is 11.5. The molecule has 1 N–H and O–H groups in total. The summed E-state index contributed by atoms with van der Waals surface area (Å²) >= 11 is 0. The third-order valence-corrected chi connectivity index (χ3v) is 7.36. The third kappa shape index (κ3) is 5.25. The standard InChI is InChI=1S/C20H29N5O4S/c1-4-24(5-2)30(27,28)25-12-10-23(11-13-25)15-19(26)21-20-14-18(22-29-20)17-8-6-16(3)7-9-17/h6-9,14H,4-5,10-13,15H2,1-3H3,(H,21,26). The molecule has 1 saturated heterocycles. The minimum atomic E-state index is -3.43. The molecule has 1 aromatic heterocycles. The molecule has 0 spiro atoms. The Bertz CT molecular complexity index is 946. The fourth-order valence-corrected chi connectivity index (χ4v) is 5.01. The molecule has 0 radical (unpaired) electrons. The number of carbonyl (C=O) groups excluding carboxylic acids is 1. The predicted molar refractivity (Wildman–Crippen MR) is 115 cm³/mol. The van der Waals surface area contributed by atoms with E-state index in [0.717, 1.165) is 11.1 Å². The number of amides is 1. The first-order chi connectivity index (χ1) is 14.3. The van der Waals surface area contributed by atoms with E-state index >= 15 is 0 Å². The van der Waals surface area contributed by atoms with E-state index in [1.165, 1.54) is 8.61 Å². The fraction of sp³-hybridized carbons (Fsp3) is 0.500. The summed E-state index contributed by atoms with van der Waals surface area (Å²) < 4.78 is 33.3. The van der Waals surface area contributed by atoms with Gasteiger partial charge in [-0.05, 0) is 6.92 Å². The van der Waals surface area contributed by atoms with E-state index in [2.05, 4.69) is 10.5 Å². The predicted octanol–water partition coefficient (Wildman–Crippen LogP) is 1.79. The van der Waals surface area contributed by atoms with Crippen LogP contribution in [0.2, 0.25) is 0 Å². The average molecular weight is 436 g/mol. The summed E-state index contributed by atoms with van der Waals surface area (Å²) in [6, 6.07) is 9.57. The average Bonchev–Trinajstić information content (AvgIpc) is 3.18. The van der Waals surface area contributed by atoms with Gasteiger partial charge in [-0.15, -0.1) is 0 Å². The summed E-state index contributed by atoms with van der Waals surface area (Å²) in [5.41, 5.74) is 2.72. The summed E-state index contributed by atoms with van der Waals surface area (Å²) in [6.07, 6.45) is 0. The number of aryl methyl sites for hydroxylation is 1. The molecule has 30 heavy (non-hydrogen) atoms. The van der Waals surface area contributed by atoms with Crippen molar-refractivity contribution in [3.8, 4) is 11.3 Å². The zero-order valence-electron chi connectivity index (χ0n) is 17.7. The molecule has 0 atom stereocenters. The minimum absolute atomic E-state index is 0.166. The van der Waals surface area contributed by atoms with Crippen molar-refractivity contribution >= 4 is 22.0 Å². The number of nitrogens with one attached hydrogen (secondary N) is 1. The molecule has 1 fully saturated rings. The van der Waals surface area contributed by atoms with Gasteiger partial charge in [-0.1, -0.05) is 48.8 Å². The number of anilines is 1. The molecule has 10 heteroatoms. The number of benzene rings is 1. The lowest BCUT2D eigenvalue weighted by Gasteiger charge is -2.35. The fourth-order valence-electron chi connectivity index (χ4n) is 3.41. The third-order valence-electron chi connectivity index (χ3n) is 5.18.